The average molecular weight is 266 g/mol. The van der Waals surface area contributed by atoms with E-state index in [2.05, 4.69) is 10.6 Å². The van der Waals surface area contributed by atoms with Crippen LogP contribution < -0.4 is 10.6 Å². The molecule has 0 aromatic carbocycles. The summed E-state index contributed by atoms with van der Waals surface area (Å²) in [5.41, 5.74) is 0. The highest BCUT2D eigenvalue weighted by molar-refractivity contribution is 8.76. The summed E-state index contributed by atoms with van der Waals surface area (Å²) in [6.45, 7) is 0.901. The Morgan fingerprint density at radius 2 is 1.31 bits per heavy atom. The summed E-state index contributed by atoms with van der Waals surface area (Å²) in [6, 6.07) is -1.14. The minimum absolute atomic E-state index is 0.437. The van der Waals surface area contributed by atoms with Gasteiger partial charge in [-0.25, -0.2) is 0 Å². The molecule has 16 heavy (non-hydrogen) atoms. The van der Waals surface area contributed by atoms with Gasteiger partial charge in [0.05, 0.1) is 0 Å². The molecule has 0 saturated carbocycles. The average Bonchev–Trinajstić information content (AvgIpc) is 2.24. The Balaban J connectivity index is 2.43. The maximum absolute atomic E-state index is 10.8. The monoisotopic (exact) mass is 266 g/mol. The summed E-state index contributed by atoms with van der Waals surface area (Å²) in [5, 5.41) is 23.4. The van der Waals surface area contributed by atoms with Gasteiger partial charge in [0, 0.05) is 24.6 Å². The lowest BCUT2D eigenvalue weighted by Crippen LogP contribution is -2.46. The first kappa shape index (κ1) is 13.6. The van der Waals surface area contributed by atoms with E-state index in [9.17, 15) is 9.59 Å². The van der Waals surface area contributed by atoms with Gasteiger partial charge in [0.1, 0.15) is 12.1 Å². The standard InChI is InChI=1S/C8H14N2O4S2/c11-7(12)5-3-15-16-4-6(8(13)14)10-2-1-9-5/h5-6,9-10H,1-4H2,(H,11,12)(H,13,14). The van der Waals surface area contributed by atoms with Gasteiger partial charge in [0.25, 0.3) is 0 Å². The van der Waals surface area contributed by atoms with Crippen LogP contribution in [0.1, 0.15) is 0 Å². The molecule has 4 N–H and O–H groups in total. The largest absolute Gasteiger partial charge is 0.480 e. The Morgan fingerprint density at radius 1 is 0.938 bits per heavy atom. The second-order valence-corrected chi connectivity index (χ2v) is 5.81. The molecule has 0 aromatic rings. The molecule has 2 atom stereocenters. The van der Waals surface area contributed by atoms with E-state index in [-0.39, 0.29) is 0 Å². The lowest BCUT2D eigenvalue weighted by molar-refractivity contribution is -0.140. The molecular formula is C8H14N2O4S2. The first-order chi connectivity index (χ1) is 7.61. The predicted octanol–water partition coefficient (Wildman–Crippen LogP) is -0.533. The van der Waals surface area contributed by atoms with Crippen molar-refractivity contribution in [3.8, 4) is 0 Å². The van der Waals surface area contributed by atoms with E-state index < -0.39 is 24.0 Å². The highest BCUT2D eigenvalue weighted by atomic mass is 33.1. The van der Waals surface area contributed by atoms with Crippen molar-refractivity contribution < 1.29 is 19.8 Å². The minimum Gasteiger partial charge on any atom is -0.480 e. The molecule has 1 aliphatic heterocycles. The molecular weight excluding hydrogens is 252 g/mol. The van der Waals surface area contributed by atoms with Crippen LogP contribution in [0, 0.1) is 0 Å². The molecule has 0 amide bonds. The van der Waals surface area contributed by atoms with Gasteiger partial charge in [-0.3, -0.25) is 9.59 Å². The molecule has 0 radical (unpaired) electrons. The van der Waals surface area contributed by atoms with Gasteiger partial charge in [0.15, 0.2) is 0 Å². The van der Waals surface area contributed by atoms with Crippen LogP contribution in [0.3, 0.4) is 0 Å². The zero-order chi connectivity index (χ0) is 12.0. The first-order valence-corrected chi connectivity index (χ1v) is 7.27. The van der Waals surface area contributed by atoms with Gasteiger partial charge in [0.2, 0.25) is 0 Å². The summed E-state index contributed by atoms with van der Waals surface area (Å²) in [5.74, 6) is -0.870. The normalized spacial score (nSPS) is 28.2. The van der Waals surface area contributed by atoms with Crippen molar-refractivity contribution in [3.05, 3.63) is 0 Å². The fraction of sp³-hybridized carbons (Fsp3) is 0.750. The predicted molar refractivity (Wildman–Crippen MR) is 63.8 cm³/mol. The number of rotatable bonds is 2. The van der Waals surface area contributed by atoms with Crippen LogP contribution in [-0.2, 0) is 9.59 Å². The highest BCUT2D eigenvalue weighted by Gasteiger charge is 2.21. The Bertz CT molecular complexity index is 226. The van der Waals surface area contributed by atoms with Crippen LogP contribution in [0.5, 0.6) is 0 Å². The number of nitrogens with one attached hydrogen (secondary N) is 2. The Morgan fingerprint density at radius 3 is 1.62 bits per heavy atom. The van der Waals surface area contributed by atoms with Gasteiger partial charge >= 0.3 is 11.9 Å². The topological polar surface area (TPSA) is 98.7 Å². The molecule has 1 fully saturated rings. The molecule has 1 aliphatic rings. The molecule has 8 heteroatoms. The Kier molecular flexibility index (Phi) is 5.96. The van der Waals surface area contributed by atoms with E-state index in [0.717, 1.165) is 0 Å². The fourth-order valence-electron chi connectivity index (χ4n) is 1.16. The Hall–Kier alpha value is -0.440. The van der Waals surface area contributed by atoms with Gasteiger partial charge in [-0.1, -0.05) is 21.6 Å². The van der Waals surface area contributed by atoms with Crippen molar-refractivity contribution >= 4 is 33.5 Å². The van der Waals surface area contributed by atoms with Crippen molar-refractivity contribution in [2.75, 3.05) is 24.6 Å². The smallest absolute Gasteiger partial charge is 0.321 e. The molecule has 0 aliphatic carbocycles. The zero-order valence-corrected chi connectivity index (χ0v) is 10.1. The van der Waals surface area contributed by atoms with Crippen molar-refractivity contribution in [3.63, 3.8) is 0 Å². The Labute approximate surface area is 101 Å². The SMILES string of the molecule is O=C(O)C1CSSCC(C(=O)O)NCCN1. The van der Waals surface area contributed by atoms with Crippen LogP contribution in [0.15, 0.2) is 0 Å². The quantitative estimate of drug-likeness (QED) is 0.495. The van der Waals surface area contributed by atoms with Crippen LogP contribution in [-0.4, -0.2) is 58.8 Å². The number of aliphatic carboxylic acids is 2. The maximum Gasteiger partial charge on any atom is 0.321 e. The van der Waals surface area contributed by atoms with Crippen molar-refractivity contribution in [2.45, 2.75) is 12.1 Å². The van der Waals surface area contributed by atoms with Crippen molar-refractivity contribution in [2.24, 2.45) is 0 Å². The van der Waals surface area contributed by atoms with Crippen LogP contribution in [0.2, 0.25) is 0 Å². The second kappa shape index (κ2) is 7.00. The molecule has 1 heterocycles. The molecule has 0 aromatic heterocycles. The number of carboxylic acid groups (broad SMARTS) is 2. The fourth-order valence-corrected chi connectivity index (χ4v) is 3.54. The minimum atomic E-state index is -0.872. The van der Waals surface area contributed by atoms with Gasteiger partial charge in [-0.15, -0.1) is 0 Å². The molecule has 92 valence electrons. The number of hydrogen-bond acceptors (Lipinski definition) is 6. The van der Waals surface area contributed by atoms with Crippen LogP contribution in [0.25, 0.3) is 0 Å². The molecule has 0 bridgehead atoms. The summed E-state index contributed by atoms with van der Waals surface area (Å²) in [4.78, 5) is 21.6. The van der Waals surface area contributed by atoms with Crippen LogP contribution in [0.4, 0.5) is 0 Å². The van der Waals surface area contributed by atoms with Crippen molar-refractivity contribution in [1.82, 2.24) is 10.6 Å². The summed E-state index contributed by atoms with van der Waals surface area (Å²) < 4.78 is 0. The zero-order valence-electron chi connectivity index (χ0n) is 8.51. The first-order valence-electron chi connectivity index (χ1n) is 4.78. The van der Waals surface area contributed by atoms with Gasteiger partial charge < -0.3 is 20.8 Å². The number of hydrogen-bond donors (Lipinski definition) is 4. The lowest BCUT2D eigenvalue weighted by Gasteiger charge is -2.19. The van der Waals surface area contributed by atoms with E-state index in [1.54, 1.807) is 0 Å². The highest BCUT2D eigenvalue weighted by Crippen LogP contribution is 2.23. The van der Waals surface area contributed by atoms with Gasteiger partial charge in [-0.2, -0.15) is 0 Å². The summed E-state index contributed by atoms with van der Waals surface area (Å²) in [6.07, 6.45) is 0. The second-order valence-electron chi connectivity index (χ2n) is 3.26. The molecule has 6 nitrogen and oxygen atoms in total. The molecule has 2 unspecified atom stereocenters. The lowest BCUT2D eigenvalue weighted by atomic mass is 10.3. The van der Waals surface area contributed by atoms with E-state index in [4.69, 9.17) is 10.2 Å². The third kappa shape index (κ3) is 4.60. The third-order valence-electron chi connectivity index (χ3n) is 2.06. The third-order valence-corrected chi connectivity index (χ3v) is 4.48. The van der Waals surface area contributed by atoms with Crippen molar-refractivity contribution in [1.29, 1.82) is 0 Å². The van der Waals surface area contributed by atoms with E-state index in [0.29, 0.717) is 24.6 Å². The molecule has 0 spiro atoms. The number of carbonyl (C=O) groups is 2. The van der Waals surface area contributed by atoms with E-state index >= 15 is 0 Å². The maximum atomic E-state index is 10.8. The van der Waals surface area contributed by atoms with E-state index in [1.807, 2.05) is 0 Å². The molecule has 1 rings (SSSR count). The van der Waals surface area contributed by atoms with Crippen LogP contribution >= 0.6 is 21.6 Å². The summed E-state index contributed by atoms with van der Waals surface area (Å²) >= 11 is 0. The number of carboxylic acids is 2. The summed E-state index contributed by atoms with van der Waals surface area (Å²) in [7, 11) is 2.76. The molecule has 1 saturated heterocycles. The van der Waals surface area contributed by atoms with Gasteiger partial charge in [-0.05, 0) is 0 Å². The van der Waals surface area contributed by atoms with E-state index in [1.165, 1.54) is 21.6 Å².